The number of ether oxygens (including phenoxy) is 3. The summed E-state index contributed by atoms with van der Waals surface area (Å²) in [5.41, 5.74) is 3.86. The van der Waals surface area contributed by atoms with E-state index in [0.717, 1.165) is 48.3 Å². The van der Waals surface area contributed by atoms with Crippen LogP contribution in [0.1, 0.15) is 50.8 Å². The third-order valence-electron chi connectivity index (χ3n) is 6.78. The molecule has 36 heavy (non-hydrogen) atoms. The quantitative estimate of drug-likeness (QED) is 0.454. The third-order valence-corrected chi connectivity index (χ3v) is 6.78. The number of rotatable bonds is 11. The molecule has 0 radical (unpaired) electrons. The second-order valence-electron chi connectivity index (χ2n) is 8.90. The molecular weight excluding hydrogens is 458 g/mol. The van der Waals surface area contributed by atoms with E-state index in [1.807, 2.05) is 18.2 Å². The first kappa shape index (κ1) is 27.3. The van der Waals surface area contributed by atoms with E-state index in [1.54, 1.807) is 27.4 Å². The van der Waals surface area contributed by atoms with Gasteiger partial charge in [-0.1, -0.05) is 19.9 Å². The molecule has 0 fully saturated rings. The molecule has 0 saturated carbocycles. The Balaban J connectivity index is 2.12. The molecule has 0 heterocycles. The van der Waals surface area contributed by atoms with Crippen LogP contribution in [0.4, 0.5) is 5.69 Å². The smallest absolute Gasteiger partial charge is 0.217 e. The fourth-order valence-corrected chi connectivity index (χ4v) is 4.92. The van der Waals surface area contributed by atoms with Crippen LogP contribution in [0.5, 0.6) is 17.2 Å². The summed E-state index contributed by atoms with van der Waals surface area (Å²) >= 11 is 0. The van der Waals surface area contributed by atoms with Crippen molar-refractivity contribution in [1.82, 2.24) is 10.2 Å². The van der Waals surface area contributed by atoms with Gasteiger partial charge in [0.15, 0.2) is 11.5 Å². The lowest BCUT2D eigenvalue weighted by atomic mass is 9.95. The highest BCUT2D eigenvalue weighted by atomic mass is 16.5. The van der Waals surface area contributed by atoms with Crippen molar-refractivity contribution in [2.45, 2.75) is 46.1 Å². The summed E-state index contributed by atoms with van der Waals surface area (Å²) in [5.74, 6) is 1.47. The van der Waals surface area contributed by atoms with Gasteiger partial charge in [-0.2, -0.15) is 0 Å². The highest BCUT2D eigenvalue weighted by Crippen LogP contribution is 2.50. The average molecular weight is 498 g/mol. The van der Waals surface area contributed by atoms with Gasteiger partial charge < -0.3 is 29.7 Å². The minimum Gasteiger partial charge on any atom is -0.493 e. The first-order valence-electron chi connectivity index (χ1n) is 12.6. The number of nitrogens with one attached hydrogen (secondary N) is 2. The molecule has 1 amide bonds. The summed E-state index contributed by atoms with van der Waals surface area (Å²) in [5, 5.41) is 6.36. The Morgan fingerprint density at radius 3 is 2.39 bits per heavy atom. The van der Waals surface area contributed by atoms with E-state index < -0.39 is 0 Å². The number of amides is 1. The second-order valence-corrected chi connectivity index (χ2v) is 8.90. The van der Waals surface area contributed by atoms with Crippen molar-refractivity contribution < 1.29 is 19.0 Å². The van der Waals surface area contributed by atoms with Crippen molar-refractivity contribution in [2.75, 3.05) is 52.8 Å². The van der Waals surface area contributed by atoms with Crippen LogP contribution >= 0.6 is 0 Å². The molecule has 0 spiro atoms. The fraction of sp³-hybridized carbons (Fsp3) is 0.500. The van der Waals surface area contributed by atoms with Crippen LogP contribution in [0.25, 0.3) is 11.1 Å². The van der Waals surface area contributed by atoms with Crippen LogP contribution in [0.2, 0.25) is 0 Å². The van der Waals surface area contributed by atoms with Gasteiger partial charge in [-0.05, 0) is 73.8 Å². The lowest BCUT2D eigenvalue weighted by Crippen LogP contribution is -2.27. The first-order chi connectivity index (χ1) is 17.4. The normalized spacial score (nSPS) is 14.4. The van der Waals surface area contributed by atoms with Crippen LogP contribution < -0.4 is 30.3 Å². The molecule has 0 bridgehead atoms. The van der Waals surface area contributed by atoms with Crippen LogP contribution in [-0.2, 0) is 11.2 Å². The Labute approximate surface area is 213 Å². The van der Waals surface area contributed by atoms with Gasteiger partial charge in [0.05, 0.1) is 33.1 Å². The molecule has 3 rings (SSSR count). The topological polar surface area (TPSA) is 89.1 Å². The van der Waals surface area contributed by atoms with Crippen molar-refractivity contribution in [3.8, 4) is 28.4 Å². The minimum atomic E-state index is -0.317. The zero-order chi connectivity index (χ0) is 26.2. The van der Waals surface area contributed by atoms with E-state index in [-0.39, 0.29) is 17.4 Å². The maximum Gasteiger partial charge on any atom is 0.217 e. The van der Waals surface area contributed by atoms with Crippen LogP contribution in [0.3, 0.4) is 0 Å². The number of nitrogens with zero attached hydrogens (tertiary/aromatic N) is 1. The second kappa shape index (κ2) is 12.6. The van der Waals surface area contributed by atoms with E-state index in [4.69, 9.17) is 14.2 Å². The van der Waals surface area contributed by atoms with Gasteiger partial charge in [0, 0.05) is 19.0 Å². The summed E-state index contributed by atoms with van der Waals surface area (Å²) in [6, 6.07) is 7.05. The van der Waals surface area contributed by atoms with E-state index >= 15 is 0 Å². The molecule has 2 aromatic carbocycles. The number of fused-ring (bicyclic) bond motifs is 3. The molecule has 8 heteroatoms. The average Bonchev–Trinajstić information content (AvgIpc) is 3.11. The molecule has 1 aliphatic carbocycles. The summed E-state index contributed by atoms with van der Waals surface area (Å²) in [6.07, 6.45) is 2.23. The molecule has 1 unspecified atom stereocenters. The lowest BCUT2D eigenvalue weighted by molar-refractivity contribution is -0.119. The Bertz CT molecular complexity index is 1130. The zero-order valence-electron chi connectivity index (χ0n) is 22.3. The number of hydrogen-bond acceptors (Lipinski definition) is 7. The van der Waals surface area contributed by atoms with Gasteiger partial charge in [0.25, 0.3) is 0 Å². The van der Waals surface area contributed by atoms with Crippen LogP contribution in [-0.4, -0.2) is 58.3 Å². The summed E-state index contributed by atoms with van der Waals surface area (Å²) in [6.45, 7) is 9.49. The Morgan fingerprint density at radius 1 is 1.06 bits per heavy atom. The molecule has 8 nitrogen and oxygen atoms in total. The number of aryl methyl sites for hydroxylation is 1. The van der Waals surface area contributed by atoms with Crippen molar-refractivity contribution >= 4 is 11.6 Å². The largest absolute Gasteiger partial charge is 0.493 e. The highest BCUT2D eigenvalue weighted by molar-refractivity contribution is 5.83. The SMILES string of the molecule is CCN(CC)CCCNc1ccc2c(cc1=O)C(NC(C)=O)CCc1cc(OC)c(OC)c(OC)c1-2. The van der Waals surface area contributed by atoms with E-state index in [1.165, 1.54) is 6.92 Å². The molecule has 0 aliphatic heterocycles. The summed E-state index contributed by atoms with van der Waals surface area (Å²) < 4.78 is 17.0. The summed E-state index contributed by atoms with van der Waals surface area (Å²) in [7, 11) is 4.76. The van der Waals surface area contributed by atoms with Gasteiger partial charge in [-0.25, -0.2) is 0 Å². The van der Waals surface area contributed by atoms with E-state index in [0.29, 0.717) is 42.3 Å². The Morgan fingerprint density at radius 2 is 1.78 bits per heavy atom. The van der Waals surface area contributed by atoms with Gasteiger partial charge in [0.2, 0.25) is 17.1 Å². The Kier molecular flexibility index (Phi) is 9.58. The number of carbonyl (C=O) groups is 1. The predicted molar refractivity (Wildman–Crippen MR) is 144 cm³/mol. The fourth-order valence-electron chi connectivity index (χ4n) is 4.92. The number of methoxy groups -OCH3 is 3. The third kappa shape index (κ3) is 5.93. The van der Waals surface area contributed by atoms with Crippen LogP contribution in [0, 0.1) is 0 Å². The Hall–Kier alpha value is -3.26. The van der Waals surface area contributed by atoms with Crippen molar-refractivity contribution in [3.05, 3.63) is 45.6 Å². The van der Waals surface area contributed by atoms with Gasteiger partial charge in [-0.15, -0.1) is 0 Å². The number of benzene rings is 1. The number of carbonyl (C=O) groups excluding carboxylic acids is 1. The maximum absolute atomic E-state index is 13.3. The van der Waals surface area contributed by atoms with Crippen molar-refractivity contribution in [3.63, 3.8) is 0 Å². The number of hydrogen-bond donors (Lipinski definition) is 2. The summed E-state index contributed by atoms with van der Waals surface area (Å²) in [4.78, 5) is 27.7. The zero-order valence-corrected chi connectivity index (χ0v) is 22.3. The van der Waals surface area contributed by atoms with Crippen LogP contribution in [0.15, 0.2) is 29.1 Å². The monoisotopic (exact) mass is 497 g/mol. The van der Waals surface area contributed by atoms with Crippen molar-refractivity contribution in [1.29, 1.82) is 0 Å². The molecule has 1 aliphatic rings. The lowest BCUT2D eigenvalue weighted by Gasteiger charge is -2.19. The van der Waals surface area contributed by atoms with E-state index in [2.05, 4.69) is 29.4 Å². The van der Waals surface area contributed by atoms with Crippen molar-refractivity contribution in [2.24, 2.45) is 0 Å². The predicted octanol–water partition coefficient (Wildman–Crippen LogP) is 4.01. The number of anilines is 1. The highest BCUT2D eigenvalue weighted by Gasteiger charge is 2.29. The molecule has 2 aromatic rings. The van der Waals surface area contributed by atoms with E-state index in [9.17, 15) is 9.59 Å². The molecule has 1 atom stereocenters. The molecule has 0 aromatic heterocycles. The van der Waals surface area contributed by atoms with Gasteiger partial charge >= 0.3 is 0 Å². The minimum absolute atomic E-state index is 0.114. The molecule has 0 saturated heterocycles. The molecule has 196 valence electrons. The molecule has 2 N–H and O–H groups in total. The standard InChI is InChI=1S/C28H39N3O5/c1-7-31(8-2)15-9-14-29-23-13-11-20-21(17-24(23)33)22(30-18(3)32)12-10-19-16-25(34-4)27(35-5)28(36-6)26(19)20/h11,13,16-17,22H,7-10,12,14-15H2,1-6H3,(H,29,33)(H,30,32). The van der Waals surface area contributed by atoms with Gasteiger partial charge in [-0.3, -0.25) is 9.59 Å². The maximum atomic E-state index is 13.3. The molecular formula is C28H39N3O5. The first-order valence-corrected chi connectivity index (χ1v) is 12.6. The van der Waals surface area contributed by atoms with Gasteiger partial charge in [0.1, 0.15) is 0 Å².